The number of ether oxygens (including phenoxy) is 1. The highest BCUT2D eigenvalue weighted by molar-refractivity contribution is 7.92. The van der Waals surface area contributed by atoms with Crippen molar-refractivity contribution in [1.29, 1.82) is 0 Å². The molecule has 1 aliphatic rings. The summed E-state index contributed by atoms with van der Waals surface area (Å²) in [5.74, 6) is 1.86. The van der Waals surface area contributed by atoms with Crippen molar-refractivity contribution in [2.75, 3.05) is 48.9 Å². The lowest BCUT2D eigenvalue weighted by molar-refractivity contribution is 0.255. The standard InChI is InChI=1S/C24H29ClN6O3S/c1-31-12-10-16(11-13-31)17-8-9-21(22(14-17)34-2)28-24-26-15-18(25)23(29-24)27-19-6-4-5-7-20(19)30-35(3,32)33/h4-9,14-16,30H,10-13H2,1-3H3,(H2,26,27,28,29). The number of hydrogen-bond acceptors (Lipinski definition) is 8. The molecule has 1 aliphatic heterocycles. The van der Waals surface area contributed by atoms with Crippen molar-refractivity contribution in [3.05, 3.63) is 59.2 Å². The molecule has 1 aromatic heterocycles. The van der Waals surface area contributed by atoms with Gasteiger partial charge < -0.3 is 20.3 Å². The Morgan fingerprint density at radius 1 is 1.06 bits per heavy atom. The van der Waals surface area contributed by atoms with Crippen molar-refractivity contribution >= 4 is 50.5 Å². The maximum Gasteiger partial charge on any atom is 0.229 e. The van der Waals surface area contributed by atoms with Gasteiger partial charge in [-0.25, -0.2) is 13.4 Å². The Hall–Kier alpha value is -3.08. The number of halogens is 1. The Labute approximate surface area is 210 Å². The maximum absolute atomic E-state index is 11.7. The number of likely N-dealkylation sites (tertiary alicyclic amines) is 1. The van der Waals surface area contributed by atoms with E-state index in [1.54, 1.807) is 31.4 Å². The number of rotatable bonds is 8. The zero-order chi connectivity index (χ0) is 25.0. The van der Waals surface area contributed by atoms with Gasteiger partial charge in [0.15, 0.2) is 5.82 Å². The lowest BCUT2D eigenvalue weighted by Gasteiger charge is -2.29. The van der Waals surface area contributed by atoms with Crippen molar-refractivity contribution in [1.82, 2.24) is 14.9 Å². The van der Waals surface area contributed by atoms with Gasteiger partial charge >= 0.3 is 0 Å². The molecule has 0 spiro atoms. The zero-order valence-corrected chi connectivity index (χ0v) is 21.4. The summed E-state index contributed by atoms with van der Waals surface area (Å²) in [5.41, 5.74) is 2.88. The minimum Gasteiger partial charge on any atom is -0.495 e. The third kappa shape index (κ3) is 6.53. The summed E-state index contributed by atoms with van der Waals surface area (Å²) in [6, 6.07) is 13.0. The van der Waals surface area contributed by atoms with E-state index in [9.17, 15) is 8.42 Å². The highest BCUT2D eigenvalue weighted by Gasteiger charge is 2.20. The van der Waals surface area contributed by atoms with Crippen molar-refractivity contribution in [3.8, 4) is 5.75 Å². The minimum absolute atomic E-state index is 0.286. The molecule has 0 atom stereocenters. The molecule has 0 radical (unpaired) electrons. The number of hydrogen-bond donors (Lipinski definition) is 3. The number of para-hydroxylation sites is 2. The summed E-state index contributed by atoms with van der Waals surface area (Å²) in [5, 5.41) is 6.58. The van der Waals surface area contributed by atoms with Crippen LogP contribution < -0.4 is 20.1 Å². The highest BCUT2D eigenvalue weighted by atomic mass is 35.5. The second-order valence-corrected chi connectivity index (χ2v) is 10.8. The molecule has 9 nitrogen and oxygen atoms in total. The monoisotopic (exact) mass is 516 g/mol. The van der Waals surface area contributed by atoms with Crippen LogP contribution in [0.3, 0.4) is 0 Å². The Kier molecular flexibility index (Phi) is 7.63. The average molecular weight is 517 g/mol. The number of sulfonamides is 1. The van der Waals surface area contributed by atoms with E-state index in [1.165, 1.54) is 11.8 Å². The Balaban J connectivity index is 1.55. The number of aromatic nitrogens is 2. The first kappa shape index (κ1) is 25.0. The van der Waals surface area contributed by atoms with Gasteiger partial charge in [0.25, 0.3) is 0 Å². The van der Waals surface area contributed by atoms with Gasteiger partial charge in [-0.2, -0.15) is 4.98 Å². The molecule has 0 saturated carbocycles. The Morgan fingerprint density at radius 2 is 1.77 bits per heavy atom. The zero-order valence-electron chi connectivity index (χ0n) is 19.9. The fraction of sp³-hybridized carbons (Fsp3) is 0.333. The fourth-order valence-corrected chi connectivity index (χ4v) is 4.77. The first-order chi connectivity index (χ1) is 16.7. The quantitative estimate of drug-likeness (QED) is 0.391. The molecule has 1 fully saturated rings. The van der Waals surface area contributed by atoms with Gasteiger partial charge in [-0.05, 0) is 68.7 Å². The molecular formula is C24H29ClN6O3S. The number of methoxy groups -OCH3 is 1. The number of piperidine rings is 1. The van der Waals surface area contributed by atoms with E-state index in [2.05, 4.69) is 49.4 Å². The van der Waals surface area contributed by atoms with Crippen LogP contribution in [0.2, 0.25) is 5.02 Å². The first-order valence-corrected chi connectivity index (χ1v) is 13.5. The van der Waals surface area contributed by atoms with Crippen LogP contribution in [0, 0.1) is 0 Å². The summed E-state index contributed by atoms with van der Waals surface area (Å²) >= 11 is 6.33. The van der Waals surface area contributed by atoms with Crippen LogP contribution in [0.5, 0.6) is 5.75 Å². The van der Waals surface area contributed by atoms with E-state index in [4.69, 9.17) is 16.3 Å². The second kappa shape index (κ2) is 10.7. The largest absolute Gasteiger partial charge is 0.495 e. The normalized spacial score (nSPS) is 15.0. The van der Waals surface area contributed by atoms with Crippen LogP contribution in [0.15, 0.2) is 48.7 Å². The SMILES string of the molecule is COc1cc(C2CCN(C)CC2)ccc1Nc1ncc(Cl)c(Nc2ccccc2NS(C)(=O)=O)n1. The molecule has 3 aromatic rings. The van der Waals surface area contributed by atoms with Gasteiger partial charge in [-0.1, -0.05) is 29.8 Å². The van der Waals surface area contributed by atoms with Gasteiger partial charge in [0.2, 0.25) is 16.0 Å². The molecule has 1 saturated heterocycles. The summed E-state index contributed by atoms with van der Waals surface area (Å²) < 4.78 is 31.6. The van der Waals surface area contributed by atoms with Crippen LogP contribution in [0.4, 0.5) is 28.8 Å². The van der Waals surface area contributed by atoms with E-state index in [0.717, 1.165) is 37.9 Å². The van der Waals surface area contributed by atoms with Crippen LogP contribution >= 0.6 is 11.6 Å². The third-order valence-electron chi connectivity index (χ3n) is 5.88. The van der Waals surface area contributed by atoms with Gasteiger partial charge in [-0.3, -0.25) is 4.72 Å². The van der Waals surface area contributed by atoms with Gasteiger partial charge in [-0.15, -0.1) is 0 Å². The molecule has 2 aromatic carbocycles. The molecule has 0 unspecified atom stereocenters. The summed E-state index contributed by atoms with van der Waals surface area (Å²) in [6.07, 6.45) is 4.81. The molecule has 0 bridgehead atoms. The number of nitrogens with zero attached hydrogens (tertiary/aromatic N) is 3. The van der Waals surface area contributed by atoms with Crippen LogP contribution in [0.1, 0.15) is 24.3 Å². The van der Waals surface area contributed by atoms with E-state index in [-0.39, 0.29) is 5.02 Å². The Bertz CT molecular complexity index is 1300. The van der Waals surface area contributed by atoms with E-state index in [0.29, 0.717) is 34.8 Å². The third-order valence-corrected chi connectivity index (χ3v) is 6.75. The van der Waals surface area contributed by atoms with Crippen molar-refractivity contribution in [2.24, 2.45) is 0 Å². The molecule has 3 N–H and O–H groups in total. The number of anilines is 5. The molecule has 186 valence electrons. The Morgan fingerprint density at radius 3 is 2.46 bits per heavy atom. The molecule has 35 heavy (non-hydrogen) atoms. The predicted molar refractivity (Wildman–Crippen MR) is 141 cm³/mol. The van der Waals surface area contributed by atoms with Crippen molar-refractivity contribution in [2.45, 2.75) is 18.8 Å². The van der Waals surface area contributed by atoms with Gasteiger partial charge in [0.05, 0.1) is 36.6 Å². The molecular weight excluding hydrogens is 488 g/mol. The fourth-order valence-electron chi connectivity index (χ4n) is 4.05. The molecule has 0 amide bonds. The lowest BCUT2D eigenvalue weighted by Crippen LogP contribution is -2.29. The van der Waals surface area contributed by atoms with E-state index >= 15 is 0 Å². The van der Waals surface area contributed by atoms with Crippen LogP contribution in [-0.2, 0) is 10.0 Å². The van der Waals surface area contributed by atoms with Gasteiger partial charge in [0, 0.05) is 0 Å². The molecule has 11 heteroatoms. The van der Waals surface area contributed by atoms with Crippen LogP contribution in [0.25, 0.3) is 0 Å². The van der Waals surface area contributed by atoms with Gasteiger partial charge in [0.1, 0.15) is 10.8 Å². The number of benzene rings is 2. The topological polar surface area (TPSA) is 108 Å². The summed E-state index contributed by atoms with van der Waals surface area (Å²) in [4.78, 5) is 11.1. The minimum atomic E-state index is -3.46. The number of nitrogens with one attached hydrogen (secondary N) is 3. The smallest absolute Gasteiger partial charge is 0.229 e. The predicted octanol–water partition coefficient (Wildman–Crippen LogP) is 4.81. The first-order valence-electron chi connectivity index (χ1n) is 11.2. The van der Waals surface area contributed by atoms with E-state index < -0.39 is 10.0 Å². The summed E-state index contributed by atoms with van der Waals surface area (Å²) in [6.45, 7) is 2.18. The maximum atomic E-state index is 11.7. The van der Waals surface area contributed by atoms with Crippen molar-refractivity contribution in [3.63, 3.8) is 0 Å². The summed E-state index contributed by atoms with van der Waals surface area (Å²) in [7, 11) is 0.334. The highest BCUT2D eigenvalue weighted by Crippen LogP contribution is 2.35. The van der Waals surface area contributed by atoms with Crippen LogP contribution in [-0.4, -0.2) is 56.8 Å². The second-order valence-electron chi connectivity index (χ2n) is 8.60. The average Bonchev–Trinajstić information content (AvgIpc) is 2.82. The molecule has 2 heterocycles. The lowest BCUT2D eigenvalue weighted by atomic mass is 9.89. The molecule has 0 aliphatic carbocycles. The van der Waals surface area contributed by atoms with Crippen molar-refractivity contribution < 1.29 is 13.2 Å². The van der Waals surface area contributed by atoms with E-state index in [1.807, 2.05) is 6.07 Å². The molecule has 4 rings (SSSR count).